The van der Waals surface area contributed by atoms with Crippen molar-refractivity contribution in [3.8, 4) is 11.5 Å². The molecule has 0 aliphatic carbocycles. The number of hydrogen-bond acceptors (Lipinski definition) is 3. The Bertz CT molecular complexity index is 548. The fraction of sp³-hybridized carbons (Fsp3) is 0.389. The van der Waals surface area contributed by atoms with Crippen LogP contribution in [0.25, 0.3) is 6.08 Å². The van der Waals surface area contributed by atoms with Crippen molar-refractivity contribution >= 4 is 11.9 Å². The molecule has 1 aromatic carbocycles. The van der Waals surface area contributed by atoms with Crippen LogP contribution in [0.3, 0.4) is 0 Å². The number of allylic oxidation sites excluding steroid dienone is 3. The summed E-state index contributed by atoms with van der Waals surface area (Å²) in [5, 5.41) is 0. The molecule has 4 heteroatoms. The van der Waals surface area contributed by atoms with Crippen molar-refractivity contribution in [3.63, 3.8) is 0 Å². The lowest BCUT2D eigenvalue weighted by Gasteiger charge is -2.09. The van der Waals surface area contributed by atoms with Crippen LogP contribution in [0.4, 0.5) is 4.39 Å². The Balaban J connectivity index is 2.69. The van der Waals surface area contributed by atoms with Crippen LogP contribution in [0.5, 0.6) is 11.5 Å². The number of ether oxygens (including phenoxy) is 2. The minimum atomic E-state index is -0.524. The van der Waals surface area contributed by atoms with Gasteiger partial charge in [-0.05, 0) is 42.7 Å². The van der Waals surface area contributed by atoms with Crippen molar-refractivity contribution in [1.29, 1.82) is 0 Å². The zero-order valence-electron chi connectivity index (χ0n) is 13.4. The molecule has 0 aromatic heterocycles. The molecule has 1 rings (SSSR count). The number of carbonyl (C=O) groups is 1. The molecule has 0 atom stereocenters. The minimum Gasteiger partial charge on any atom is -0.493 e. The standard InChI is InChI=1S/C18H23FO3/c1-4-5-6-7-8-9-15(20)11-10-14-12-16(19)18(22-3)17(13-14)21-2/h8-13H,4-7H2,1-3H3/b9-8-,11-10+. The second-order valence-corrected chi connectivity index (χ2v) is 4.87. The number of methoxy groups -OCH3 is 2. The zero-order valence-corrected chi connectivity index (χ0v) is 13.4. The summed E-state index contributed by atoms with van der Waals surface area (Å²) in [5.41, 5.74) is 0.544. The van der Waals surface area contributed by atoms with E-state index < -0.39 is 5.82 Å². The SMILES string of the molecule is CCCCC/C=C\C(=O)/C=C/c1cc(F)c(OC)c(OC)c1. The number of hydrogen-bond donors (Lipinski definition) is 0. The second kappa shape index (κ2) is 9.77. The quantitative estimate of drug-likeness (QED) is 0.495. The number of carbonyl (C=O) groups excluding carboxylic acids is 1. The lowest BCUT2D eigenvalue weighted by atomic mass is 10.1. The summed E-state index contributed by atoms with van der Waals surface area (Å²) in [6.45, 7) is 2.14. The fourth-order valence-electron chi connectivity index (χ4n) is 1.98. The number of benzene rings is 1. The highest BCUT2D eigenvalue weighted by Crippen LogP contribution is 2.31. The van der Waals surface area contributed by atoms with Crippen molar-refractivity contribution in [2.75, 3.05) is 14.2 Å². The van der Waals surface area contributed by atoms with Crippen molar-refractivity contribution in [2.45, 2.75) is 32.6 Å². The summed E-state index contributed by atoms with van der Waals surface area (Å²) in [7, 11) is 2.82. The molecule has 0 aliphatic rings. The van der Waals surface area contributed by atoms with Crippen molar-refractivity contribution < 1.29 is 18.7 Å². The highest BCUT2D eigenvalue weighted by molar-refractivity contribution is 6.02. The molecule has 120 valence electrons. The van der Waals surface area contributed by atoms with Gasteiger partial charge in [0.25, 0.3) is 0 Å². The van der Waals surface area contributed by atoms with E-state index in [1.165, 1.54) is 32.8 Å². The molecule has 0 spiro atoms. The smallest absolute Gasteiger partial charge is 0.196 e. The van der Waals surface area contributed by atoms with Gasteiger partial charge in [-0.1, -0.05) is 31.9 Å². The molecule has 0 N–H and O–H groups in total. The number of halogens is 1. The average Bonchev–Trinajstić information content (AvgIpc) is 2.52. The van der Waals surface area contributed by atoms with Crippen LogP contribution in [0.2, 0.25) is 0 Å². The van der Waals surface area contributed by atoms with E-state index in [1.54, 1.807) is 18.2 Å². The van der Waals surface area contributed by atoms with Crippen LogP contribution in [-0.4, -0.2) is 20.0 Å². The van der Waals surface area contributed by atoms with Crippen molar-refractivity contribution in [1.82, 2.24) is 0 Å². The predicted molar refractivity (Wildman–Crippen MR) is 86.8 cm³/mol. The molecule has 0 saturated heterocycles. The first-order valence-corrected chi connectivity index (χ1v) is 7.42. The van der Waals surface area contributed by atoms with Crippen molar-refractivity contribution in [3.05, 3.63) is 41.7 Å². The lowest BCUT2D eigenvalue weighted by molar-refractivity contribution is -0.110. The molecular weight excluding hydrogens is 283 g/mol. The molecule has 0 heterocycles. The second-order valence-electron chi connectivity index (χ2n) is 4.87. The van der Waals surface area contributed by atoms with Crippen molar-refractivity contribution in [2.24, 2.45) is 0 Å². The van der Waals surface area contributed by atoms with Gasteiger partial charge in [0.05, 0.1) is 14.2 Å². The molecule has 1 aromatic rings. The van der Waals surface area contributed by atoms with Gasteiger partial charge in [0, 0.05) is 0 Å². The van der Waals surface area contributed by atoms with E-state index >= 15 is 0 Å². The van der Waals surface area contributed by atoms with Crippen LogP contribution < -0.4 is 9.47 Å². The van der Waals surface area contributed by atoms with E-state index in [2.05, 4.69) is 6.92 Å². The van der Waals surface area contributed by atoms with Crippen LogP contribution >= 0.6 is 0 Å². The Kier molecular flexibility index (Phi) is 7.97. The van der Waals surface area contributed by atoms with Gasteiger partial charge in [-0.15, -0.1) is 0 Å². The van der Waals surface area contributed by atoms with E-state index in [4.69, 9.17) is 9.47 Å². The first kappa shape index (κ1) is 18.0. The molecular formula is C18H23FO3. The Morgan fingerprint density at radius 3 is 2.59 bits per heavy atom. The molecule has 0 amide bonds. The van der Waals surface area contributed by atoms with Gasteiger partial charge in [-0.3, -0.25) is 4.79 Å². The monoisotopic (exact) mass is 306 g/mol. The maximum absolute atomic E-state index is 13.8. The van der Waals surface area contributed by atoms with Gasteiger partial charge in [0.1, 0.15) is 0 Å². The largest absolute Gasteiger partial charge is 0.493 e. The number of ketones is 1. The number of rotatable bonds is 9. The zero-order chi connectivity index (χ0) is 16.4. The molecule has 0 unspecified atom stereocenters. The Morgan fingerprint density at radius 2 is 1.95 bits per heavy atom. The summed E-state index contributed by atoms with van der Waals surface area (Å²) in [4.78, 5) is 11.7. The molecule has 22 heavy (non-hydrogen) atoms. The van der Waals surface area contributed by atoms with Gasteiger partial charge in [0.15, 0.2) is 23.1 Å². The summed E-state index contributed by atoms with van der Waals surface area (Å²) in [5.74, 6) is -0.290. The predicted octanol–water partition coefficient (Wildman–Crippen LogP) is 4.56. The Labute approximate surface area is 131 Å². The van der Waals surface area contributed by atoms with Crippen LogP contribution in [0, 0.1) is 5.82 Å². The highest BCUT2D eigenvalue weighted by Gasteiger charge is 2.11. The number of unbranched alkanes of at least 4 members (excludes halogenated alkanes) is 3. The van der Waals surface area contributed by atoms with Crippen LogP contribution in [0.15, 0.2) is 30.4 Å². The third kappa shape index (κ3) is 5.72. The van der Waals surface area contributed by atoms with Gasteiger partial charge in [0.2, 0.25) is 0 Å². The molecule has 0 bridgehead atoms. The first-order valence-electron chi connectivity index (χ1n) is 7.42. The summed E-state index contributed by atoms with van der Waals surface area (Å²) >= 11 is 0. The molecule has 0 saturated carbocycles. The summed E-state index contributed by atoms with van der Waals surface area (Å²) in [6, 6.07) is 2.92. The topological polar surface area (TPSA) is 35.5 Å². The van der Waals surface area contributed by atoms with Gasteiger partial charge < -0.3 is 9.47 Å². The van der Waals surface area contributed by atoms with Gasteiger partial charge in [-0.2, -0.15) is 0 Å². The maximum atomic E-state index is 13.8. The molecule has 0 fully saturated rings. The van der Waals surface area contributed by atoms with Gasteiger partial charge in [-0.25, -0.2) is 4.39 Å². The van der Waals surface area contributed by atoms with Crippen LogP contribution in [-0.2, 0) is 4.79 Å². The molecule has 0 radical (unpaired) electrons. The van der Waals surface area contributed by atoms with E-state index in [0.29, 0.717) is 11.3 Å². The third-order valence-corrected chi connectivity index (χ3v) is 3.15. The minimum absolute atomic E-state index is 0.0572. The summed E-state index contributed by atoms with van der Waals surface area (Å²) in [6.07, 6.45) is 10.7. The third-order valence-electron chi connectivity index (χ3n) is 3.15. The Morgan fingerprint density at radius 1 is 1.18 bits per heavy atom. The maximum Gasteiger partial charge on any atom is 0.196 e. The molecule has 3 nitrogen and oxygen atoms in total. The molecule has 0 aliphatic heterocycles. The van der Waals surface area contributed by atoms with E-state index in [1.807, 2.05) is 6.08 Å². The first-order chi connectivity index (χ1) is 10.6. The van der Waals surface area contributed by atoms with Gasteiger partial charge >= 0.3 is 0 Å². The van der Waals surface area contributed by atoms with E-state index in [-0.39, 0.29) is 11.5 Å². The highest BCUT2D eigenvalue weighted by atomic mass is 19.1. The van der Waals surface area contributed by atoms with E-state index in [9.17, 15) is 9.18 Å². The Hall–Kier alpha value is -2.10. The van der Waals surface area contributed by atoms with E-state index in [0.717, 1.165) is 19.3 Å². The average molecular weight is 306 g/mol. The van der Waals surface area contributed by atoms with Crippen LogP contribution in [0.1, 0.15) is 38.2 Å². The fourth-order valence-corrected chi connectivity index (χ4v) is 1.98. The lowest BCUT2D eigenvalue weighted by Crippen LogP contribution is -1.95. The normalized spacial score (nSPS) is 11.3. The summed E-state index contributed by atoms with van der Waals surface area (Å²) < 4.78 is 23.8.